The van der Waals surface area contributed by atoms with Gasteiger partial charge in [0.2, 0.25) is 0 Å². The first kappa shape index (κ1) is 22.0. The molecule has 3 heterocycles. The topological polar surface area (TPSA) is 46.0 Å². The zero-order valence-electron chi connectivity index (χ0n) is 17.6. The van der Waals surface area contributed by atoms with Crippen molar-refractivity contribution in [1.82, 2.24) is 19.4 Å². The summed E-state index contributed by atoms with van der Waals surface area (Å²) < 4.78 is 97.6. The predicted molar refractivity (Wildman–Crippen MR) is 119 cm³/mol. The molecule has 1 fully saturated rings. The zero-order chi connectivity index (χ0) is 24.8. The fraction of sp³-hybridized carbons (Fsp3) is 0.130. The van der Waals surface area contributed by atoms with Crippen molar-refractivity contribution in [2.75, 3.05) is 0 Å². The lowest BCUT2D eigenvalue weighted by Crippen LogP contribution is -2.09. The van der Waals surface area contributed by atoms with Crippen LogP contribution in [0.15, 0.2) is 59.9 Å². The van der Waals surface area contributed by atoms with Crippen molar-refractivity contribution in [3.8, 4) is 22.5 Å². The Morgan fingerprint density at radius 3 is 2.46 bits per heavy atom. The highest BCUT2D eigenvalue weighted by Gasteiger charge is 2.67. The molecule has 3 aromatic heterocycles. The number of imidazole rings is 1. The third-order valence-electron chi connectivity index (χ3n) is 6.07. The van der Waals surface area contributed by atoms with E-state index >= 15 is 4.39 Å². The van der Waals surface area contributed by atoms with Gasteiger partial charge >= 0.3 is 10.2 Å². The highest BCUT2D eigenvalue weighted by molar-refractivity contribution is 8.45. The van der Waals surface area contributed by atoms with E-state index in [-0.39, 0.29) is 28.8 Å². The summed E-state index contributed by atoms with van der Waals surface area (Å²) in [6.45, 7) is 0. The number of hydrogen-bond acceptors (Lipinski definition) is 2. The van der Waals surface area contributed by atoms with Crippen LogP contribution in [0, 0.1) is 11.6 Å². The second-order valence-corrected chi connectivity index (χ2v) is 11.0. The molecule has 1 N–H and O–H groups in total. The molecular formula is C23H15F7N4S. The molecule has 0 aliphatic heterocycles. The maximum absolute atomic E-state index is 15.5. The van der Waals surface area contributed by atoms with Crippen LogP contribution in [0.2, 0.25) is 0 Å². The first-order valence-electron chi connectivity index (χ1n) is 10.5. The molecule has 0 spiro atoms. The molecule has 5 aromatic rings. The first-order chi connectivity index (χ1) is 16.3. The van der Waals surface area contributed by atoms with Crippen molar-refractivity contribution in [3.63, 3.8) is 0 Å². The van der Waals surface area contributed by atoms with Crippen molar-refractivity contribution < 1.29 is 28.2 Å². The summed E-state index contributed by atoms with van der Waals surface area (Å²) in [5, 5.41) is 0.354. The number of H-pyrrole nitrogens is 1. The molecule has 12 heteroatoms. The molecule has 0 amide bonds. The largest absolute Gasteiger partial charge is 0.361 e. The minimum absolute atomic E-state index is 0.0515. The molecule has 35 heavy (non-hydrogen) atoms. The molecule has 1 aliphatic carbocycles. The molecular weight excluding hydrogens is 497 g/mol. The molecule has 0 saturated heterocycles. The standard InChI is InChI=1S/C23H15F7N4S/c24-16-5-3-13(9-19(16)35(26,27,28,29)30)18-11-34-20(10-32-18)33-22(12-1-2-12)23(34)15-4-6-17-14(21(15)25)7-8-31-17/h3-12,31H,1-2H2. The molecule has 182 valence electrons. The summed E-state index contributed by atoms with van der Waals surface area (Å²) in [6.07, 6.45) is 5.85. The molecule has 0 atom stereocenters. The summed E-state index contributed by atoms with van der Waals surface area (Å²) in [4.78, 5) is 8.94. The van der Waals surface area contributed by atoms with Crippen LogP contribution in [-0.4, -0.2) is 19.4 Å². The van der Waals surface area contributed by atoms with Gasteiger partial charge < -0.3 is 4.98 Å². The van der Waals surface area contributed by atoms with Gasteiger partial charge in [-0.25, -0.2) is 13.8 Å². The minimum atomic E-state index is -10.3. The Hall–Kier alpha value is -3.54. The second-order valence-electron chi connectivity index (χ2n) is 8.60. The first-order valence-corrected chi connectivity index (χ1v) is 12.4. The van der Waals surface area contributed by atoms with Crippen LogP contribution in [0.4, 0.5) is 28.2 Å². The second kappa shape index (κ2) is 6.36. The lowest BCUT2D eigenvalue weighted by molar-refractivity contribution is 0.355. The number of aromatic nitrogens is 4. The van der Waals surface area contributed by atoms with Gasteiger partial charge in [-0.05, 0) is 49.2 Å². The number of aromatic amines is 1. The van der Waals surface area contributed by atoms with Crippen LogP contribution in [0.3, 0.4) is 0 Å². The number of nitrogens with zero attached hydrogens (tertiary/aromatic N) is 3. The van der Waals surface area contributed by atoms with E-state index in [1.54, 1.807) is 24.4 Å². The third kappa shape index (κ3) is 3.63. The van der Waals surface area contributed by atoms with Gasteiger partial charge in [0.25, 0.3) is 0 Å². The predicted octanol–water partition coefficient (Wildman–Crippen LogP) is 8.36. The van der Waals surface area contributed by atoms with Crippen molar-refractivity contribution in [3.05, 3.63) is 72.3 Å². The van der Waals surface area contributed by atoms with Crippen LogP contribution in [-0.2, 0) is 0 Å². The van der Waals surface area contributed by atoms with Crippen LogP contribution in [0.5, 0.6) is 0 Å². The Morgan fingerprint density at radius 2 is 1.74 bits per heavy atom. The quantitative estimate of drug-likeness (QED) is 0.246. The highest BCUT2D eigenvalue weighted by Crippen LogP contribution is 3.02. The van der Waals surface area contributed by atoms with Gasteiger partial charge in [0, 0.05) is 40.3 Å². The van der Waals surface area contributed by atoms with Gasteiger partial charge in [-0.1, -0.05) is 19.4 Å². The average Bonchev–Trinajstić information content (AvgIpc) is 3.37. The van der Waals surface area contributed by atoms with Gasteiger partial charge in [0.15, 0.2) is 5.65 Å². The molecule has 2 aromatic carbocycles. The van der Waals surface area contributed by atoms with E-state index in [0.29, 0.717) is 34.0 Å². The third-order valence-corrected chi connectivity index (χ3v) is 7.21. The lowest BCUT2D eigenvalue weighted by atomic mass is 10.0. The summed E-state index contributed by atoms with van der Waals surface area (Å²) in [5.74, 6) is -2.49. The number of fused-ring (bicyclic) bond motifs is 2. The fourth-order valence-electron chi connectivity index (χ4n) is 4.27. The van der Waals surface area contributed by atoms with Crippen LogP contribution in [0.25, 0.3) is 39.1 Å². The summed E-state index contributed by atoms with van der Waals surface area (Å²) in [7, 11) is -10.3. The van der Waals surface area contributed by atoms with Gasteiger partial charge in [0.05, 0.1) is 23.3 Å². The van der Waals surface area contributed by atoms with E-state index in [1.165, 1.54) is 16.8 Å². The number of nitrogens with one attached hydrogen (secondary N) is 1. The molecule has 0 unspecified atom stereocenters. The monoisotopic (exact) mass is 512 g/mol. The van der Waals surface area contributed by atoms with E-state index in [4.69, 9.17) is 0 Å². The molecule has 1 saturated carbocycles. The molecule has 0 radical (unpaired) electrons. The van der Waals surface area contributed by atoms with Crippen LogP contribution < -0.4 is 0 Å². The number of benzene rings is 2. The number of rotatable bonds is 4. The Bertz CT molecular complexity index is 1670. The molecule has 6 rings (SSSR count). The summed E-state index contributed by atoms with van der Waals surface area (Å²) in [6, 6.07) is 6.18. The van der Waals surface area contributed by atoms with E-state index < -0.39 is 26.8 Å². The van der Waals surface area contributed by atoms with Gasteiger partial charge in [-0.15, -0.1) is 0 Å². The molecule has 0 bridgehead atoms. The lowest BCUT2D eigenvalue weighted by Gasteiger charge is -2.40. The number of hydrogen-bond donors (Lipinski definition) is 1. The smallest absolute Gasteiger partial charge is 0.313 e. The van der Waals surface area contributed by atoms with Crippen LogP contribution in [0.1, 0.15) is 24.5 Å². The average molecular weight is 512 g/mol. The maximum atomic E-state index is 15.5. The maximum Gasteiger partial charge on any atom is 0.313 e. The molecule has 1 aliphatic rings. The Morgan fingerprint density at radius 1 is 0.971 bits per heavy atom. The normalized spacial score (nSPS) is 16.5. The van der Waals surface area contributed by atoms with Gasteiger partial charge in [-0.3, -0.25) is 9.38 Å². The zero-order valence-corrected chi connectivity index (χ0v) is 18.4. The minimum Gasteiger partial charge on any atom is -0.361 e. The van der Waals surface area contributed by atoms with Gasteiger partial charge in [-0.2, -0.15) is 0 Å². The summed E-state index contributed by atoms with van der Waals surface area (Å²) >= 11 is 0. The van der Waals surface area contributed by atoms with Crippen LogP contribution >= 0.6 is 10.2 Å². The van der Waals surface area contributed by atoms with E-state index in [0.717, 1.165) is 18.9 Å². The van der Waals surface area contributed by atoms with Crippen molar-refractivity contribution in [2.45, 2.75) is 23.7 Å². The fourth-order valence-corrected chi connectivity index (χ4v) is 5.06. The van der Waals surface area contributed by atoms with Gasteiger partial charge in [0.1, 0.15) is 16.5 Å². The van der Waals surface area contributed by atoms with E-state index in [9.17, 15) is 23.8 Å². The Balaban J connectivity index is 1.59. The Labute approximate surface area is 193 Å². The summed E-state index contributed by atoms with van der Waals surface area (Å²) in [5.41, 5.74) is 1.65. The van der Waals surface area contributed by atoms with E-state index in [2.05, 4.69) is 15.0 Å². The molecule has 4 nitrogen and oxygen atoms in total. The number of halogens is 7. The van der Waals surface area contributed by atoms with Crippen molar-refractivity contribution in [2.24, 2.45) is 0 Å². The van der Waals surface area contributed by atoms with E-state index in [1.807, 2.05) is 0 Å². The highest BCUT2D eigenvalue weighted by atomic mass is 32.5. The van der Waals surface area contributed by atoms with Crippen molar-refractivity contribution >= 4 is 26.8 Å². The Kier molecular flexibility index (Phi) is 3.99. The SMILES string of the molecule is Fc1ccc(-c2cn3c(-c4ccc5[nH]ccc5c4F)c(C4CC4)nc3cn2)cc1S(F)(F)(F)(F)F. The van der Waals surface area contributed by atoms with Crippen molar-refractivity contribution in [1.29, 1.82) is 0 Å².